The number of aryl methyl sites for hydroxylation is 2. The van der Waals surface area contributed by atoms with E-state index in [1.165, 1.54) is 154 Å². The summed E-state index contributed by atoms with van der Waals surface area (Å²) in [5, 5.41) is 33.9. The van der Waals surface area contributed by atoms with Gasteiger partial charge in [-0.25, -0.2) is 15.0 Å². The van der Waals surface area contributed by atoms with Crippen molar-refractivity contribution in [3.63, 3.8) is 0 Å². The Morgan fingerprint density at radius 2 is 0.774 bits per heavy atom. The number of aromatic nitrogens is 3. The zero-order chi connectivity index (χ0) is 43.6. The quantitative estimate of drug-likeness (QED) is 0.0314. The molecule has 1 aromatic heterocycles. The Labute approximate surface area is 374 Å². The molecule has 62 heavy (non-hydrogen) atoms. The summed E-state index contributed by atoms with van der Waals surface area (Å²) in [6.45, 7) is 5.65. The van der Waals surface area contributed by atoms with Crippen molar-refractivity contribution in [2.24, 2.45) is 0 Å². The van der Waals surface area contributed by atoms with E-state index in [4.69, 9.17) is 24.4 Å². The Bertz CT molecular complexity index is 1760. The molecule has 2 heterocycles. The molecule has 8 heteroatoms. The van der Waals surface area contributed by atoms with Crippen LogP contribution in [0.5, 0.6) is 23.0 Å². The van der Waals surface area contributed by atoms with Crippen LogP contribution in [0.15, 0.2) is 54.6 Å². The molecule has 4 aromatic rings. The van der Waals surface area contributed by atoms with Gasteiger partial charge in [0.2, 0.25) is 0 Å². The molecule has 340 valence electrons. The van der Waals surface area contributed by atoms with Gasteiger partial charge < -0.3 is 24.8 Å². The number of hydrogen-bond acceptors (Lipinski definition) is 8. The molecule has 0 radical (unpaired) electrons. The van der Waals surface area contributed by atoms with Gasteiger partial charge in [-0.2, -0.15) is 0 Å². The highest BCUT2D eigenvalue weighted by atomic mass is 16.6. The molecule has 1 saturated heterocycles. The van der Waals surface area contributed by atoms with Gasteiger partial charge in [0, 0.05) is 6.07 Å². The van der Waals surface area contributed by atoms with Crippen LogP contribution in [0.3, 0.4) is 0 Å². The fourth-order valence-electron chi connectivity index (χ4n) is 8.42. The Hall–Kier alpha value is -4.17. The van der Waals surface area contributed by atoms with Crippen molar-refractivity contribution in [2.45, 2.75) is 200 Å². The molecule has 0 spiro atoms. The van der Waals surface area contributed by atoms with Crippen LogP contribution < -0.4 is 4.74 Å². The Morgan fingerprint density at radius 3 is 1.10 bits per heavy atom. The molecule has 0 bridgehead atoms. The number of ether oxygens (including phenoxy) is 2. The predicted octanol–water partition coefficient (Wildman–Crippen LogP) is 15.0. The molecule has 0 amide bonds. The van der Waals surface area contributed by atoms with E-state index in [0.717, 1.165) is 36.8 Å². The van der Waals surface area contributed by atoms with Crippen molar-refractivity contribution in [1.82, 2.24) is 15.0 Å². The molecule has 8 nitrogen and oxygen atoms in total. The van der Waals surface area contributed by atoms with Gasteiger partial charge in [0.15, 0.2) is 17.5 Å². The van der Waals surface area contributed by atoms with Gasteiger partial charge in [0.25, 0.3) is 0 Å². The van der Waals surface area contributed by atoms with Crippen LogP contribution in [0.2, 0.25) is 0 Å². The second kappa shape index (κ2) is 28.5. The lowest BCUT2D eigenvalue weighted by molar-refractivity contribution is 0.262. The topological polar surface area (TPSA) is 121 Å². The van der Waals surface area contributed by atoms with Crippen molar-refractivity contribution in [3.05, 3.63) is 65.7 Å². The van der Waals surface area contributed by atoms with Crippen LogP contribution in [0.25, 0.3) is 34.2 Å². The normalized spacial score (nSPS) is 13.5. The molecular formula is C54H79N3O5. The van der Waals surface area contributed by atoms with Crippen molar-refractivity contribution in [3.8, 4) is 57.2 Å². The van der Waals surface area contributed by atoms with Crippen LogP contribution in [-0.2, 0) is 17.6 Å². The second-order valence-electron chi connectivity index (χ2n) is 17.9. The number of unbranched alkanes of at least 4 members (excludes halogenated alkanes) is 24. The van der Waals surface area contributed by atoms with Gasteiger partial charge in [-0.15, -0.1) is 0 Å². The van der Waals surface area contributed by atoms with Crippen molar-refractivity contribution < 1.29 is 24.8 Å². The number of phenolic OH excluding ortho intramolecular Hbond substituents is 3. The molecule has 1 aliphatic heterocycles. The largest absolute Gasteiger partial charge is 0.507 e. The zero-order valence-electron chi connectivity index (χ0n) is 38.5. The summed E-state index contributed by atoms with van der Waals surface area (Å²) in [6, 6.07) is 16.5. The monoisotopic (exact) mass is 850 g/mol. The van der Waals surface area contributed by atoms with Crippen molar-refractivity contribution in [1.29, 1.82) is 0 Å². The van der Waals surface area contributed by atoms with Crippen LogP contribution in [-0.4, -0.2) is 49.6 Å². The summed E-state index contributed by atoms with van der Waals surface area (Å²) in [5.74, 6) is 1.40. The van der Waals surface area contributed by atoms with Gasteiger partial charge in [-0.3, -0.25) is 0 Å². The number of hydrogen-bond donors (Lipinski definition) is 3. The first-order valence-electron chi connectivity index (χ1n) is 24.9. The van der Waals surface area contributed by atoms with E-state index in [-0.39, 0.29) is 40.8 Å². The maximum Gasteiger partial charge on any atom is 0.167 e. The third-order valence-corrected chi connectivity index (χ3v) is 12.4. The number of epoxide rings is 1. The minimum absolute atomic E-state index is 0.0444. The fraction of sp³-hybridized carbons (Fsp3) is 0.611. The van der Waals surface area contributed by atoms with E-state index >= 15 is 0 Å². The summed E-state index contributed by atoms with van der Waals surface area (Å²) in [4.78, 5) is 14.3. The lowest BCUT2D eigenvalue weighted by atomic mass is 10.0. The van der Waals surface area contributed by atoms with Crippen LogP contribution in [0.4, 0.5) is 0 Å². The van der Waals surface area contributed by atoms with E-state index in [1.54, 1.807) is 18.2 Å². The number of nitrogens with zero attached hydrogens (tertiary/aromatic N) is 3. The van der Waals surface area contributed by atoms with Gasteiger partial charge >= 0.3 is 0 Å². The molecule has 5 rings (SSSR count). The van der Waals surface area contributed by atoms with Crippen LogP contribution in [0, 0.1) is 0 Å². The minimum Gasteiger partial charge on any atom is -0.507 e. The van der Waals surface area contributed by atoms with Gasteiger partial charge in [-0.05, 0) is 73.2 Å². The SMILES string of the molecule is CCCCCCCCCCCCCCCc1ccc(-c2nc(-c3ccc(CCCCCCCCCCCCCCC)cc3O)nc(-c3ccc(OCC4CO4)cc3O)n2)c(O)c1. The Balaban J connectivity index is 1.17. The Kier molecular flexibility index (Phi) is 22.5. The molecule has 3 N–H and O–H groups in total. The average Bonchev–Trinajstić information content (AvgIpc) is 4.11. The van der Waals surface area contributed by atoms with E-state index in [1.807, 2.05) is 36.4 Å². The lowest BCUT2D eigenvalue weighted by Gasteiger charge is -2.13. The summed E-state index contributed by atoms with van der Waals surface area (Å²) in [5.41, 5.74) is 3.47. The summed E-state index contributed by atoms with van der Waals surface area (Å²) in [7, 11) is 0. The first kappa shape index (κ1) is 48.9. The fourth-order valence-corrected chi connectivity index (χ4v) is 8.42. The minimum atomic E-state index is -0.0444. The van der Waals surface area contributed by atoms with Gasteiger partial charge in [-0.1, -0.05) is 180 Å². The summed E-state index contributed by atoms with van der Waals surface area (Å²) >= 11 is 0. The second-order valence-corrected chi connectivity index (χ2v) is 17.9. The van der Waals surface area contributed by atoms with Crippen molar-refractivity contribution in [2.75, 3.05) is 13.2 Å². The predicted molar refractivity (Wildman–Crippen MR) is 255 cm³/mol. The summed E-state index contributed by atoms with van der Waals surface area (Å²) in [6.07, 6.45) is 36.1. The number of phenols is 3. The van der Waals surface area contributed by atoms with Crippen molar-refractivity contribution >= 4 is 0 Å². The smallest absolute Gasteiger partial charge is 0.167 e. The summed E-state index contributed by atoms with van der Waals surface area (Å²) < 4.78 is 11.0. The third-order valence-electron chi connectivity index (χ3n) is 12.4. The molecule has 3 aromatic carbocycles. The first-order valence-corrected chi connectivity index (χ1v) is 24.9. The van der Waals surface area contributed by atoms with Crippen LogP contribution >= 0.6 is 0 Å². The Morgan fingerprint density at radius 1 is 0.452 bits per heavy atom. The maximum absolute atomic E-state index is 11.4. The molecule has 1 unspecified atom stereocenters. The molecule has 0 saturated carbocycles. The third kappa shape index (κ3) is 17.9. The molecular weight excluding hydrogens is 771 g/mol. The van der Waals surface area contributed by atoms with E-state index in [9.17, 15) is 15.3 Å². The van der Waals surface area contributed by atoms with Gasteiger partial charge in [0.1, 0.15) is 35.7 Å². The molecule has 1 atom stereocenters. The van der Waals surface area contributed by atoms with Crippen LogP contribution in [0.1, 0.15) is 192 Å². The molecule has 1 aliphatic rings. The maximum atomic E-state index is 11.4. The highest BCUT2D eigenvalue weighted by Gasteiger charge is 2.24. The lowest BCUT2D eigenvalue weighted by Crippen LogP contribution is -2.04. The zero-order valence-corrected chi connectivity index (χ0v) is 38.5. The molecule has 0 aliphatic carbocycles. The van der Waals surface area contributed by atoms with E-state index in [2.05, 4.69) is 13.8 Å². The highest BCUT2D eigenvalue weighted by Crippen LogP contribution is 2.37. The number of benzene rings is 3. The molecule has 1 fully saturated rings. The standard InChI is InChI=1S/C54H79N3O5/c1-3-5-7-9-11-13-15-17-19-21-23-25-27-29-42-31-34-46(49(58)37-42)52-55-53(57-54(56-52)48-36-33-44(39-51(48)60)61-40-45-41-62-45)47-35-32-43(38-50(47)59)30-28-26-24-22-20-18-16-14-12-10-8-6-4-2/h31-39,45,58-60H,3-30,40-41H2,1-2H3. The van der Waals surface area contributed by atoms with E-state index < -0.39 is 0 Å². The average molecular weight is 850 g/mol. The van der Waals surface area contributed by atoms with E-state index in [0.29, 0.717) is 35.7 Å². The van der Waals surface area contributed by atoms with Gasteiger partial charge in [0.05, 0.1) is 23.3 Å². The number of aromatic hydroxyl groups is 3. The first-order chi connectivity index (χ1) is 30.4. The highest BCUT2D eigenvalue weighted by molar-refractivity contribution is 5.74. The number of rotatable bonds is 34.